The minimum Gasteiger partial charge on any atom is -0.477 e. The number of hydrogen-bond acceptors (Lipinski definition) is 3. The van der Waals surface area contributed by atoms with E-state index in [1.165, 1.54) is 24.2 Å². The molecular weight excluding hydrogens is 258 g/mol. The summed E-state index contributed by atoms with van der Waals surface area (Å²) in [6.07, 6.45) is 2.50. The first kappa shape index (κ1) is 14.5. The maximum absolute atomic E-state index is 10.9. The summed E-state index contributed by atoms with van der Waals surface area (Å²) in [6, 6.07) is 3.66. The molecule has 19 heavy (non-hydrogen) atoms. The van der Waals surface area contributed by atoms with Gasteiger partial charge in [0.15, 0.2) is 0 Å². The highest BCUT2D eigenvalue weighted by atomic mass is 32.1. The predicted octanol–water partition coefficient (Wildman–Crippen LogP) is 3.70. The molecule has 1 aromatic rings. The van der Waals surface area contributed by atoms with Gasteiger partial charge in [-0.1, -0.05) is 20.8 Å². The van der Waals surface area contributed by atoms with E-state index >= 15 is 0 Å². The standard InChI is InChI=1S/C15H23NO2S/c1-15(2,3)11-6-8-16(9-7-11)10-12-4-5-13(19-12)14(17)18/h4-5,11H,6-10H2,1-3H3,(H,17,18). The lowest BCUT2D eigenvalue weighted by Gasteiger charge is -2.38. The van der Waals surface area contributed by atoms with Crippen LogP contribution in [0.25, 0.3) is 0 Å². The Morgan fingerprint density at radius 1 is 1.37 bits per heavy atom. The molecule has 0 aromatic carbocycles. The number of rotatable bonds is 3. The van der Waals surface area contributed by atoms with Crippen molar-refractivity contribution in [2.24, 2.45) is 11.3 Å². The van der Waals surface area contributed by atoms with Crippen molar-refractivity contribution in [3.8, 4) is 0 Å². The highest BCUT2D eigenvalue weighted by Gasteiger charge is 2.28. The van der Waals surface area contributed by atoms with Crippen LogP contribution in [0.5, 0.6) is 0 Å². The molecule has 2 rings (SSSR count). The molecule has 1 saturated heterocycles. The zero-order valence-corrected chi connectivity index (χ0v) is 12.8. The van der Waals surface area contributed by atoms with E-state index in [-0.39, 0.29) is 0 Å². The number of carbonyl (C=O) groups is 1. The SMILES string of the molecule is CC(C)(C)C1CCN(Cc2ccc(C(=O)O)s2)CC1. The number of thiophene rings is 1. The summed E-state index contributed by atoms with van der Waals surface area (Å²) in [7, 11) is 0. The van der Waals surface area contributed by atoms with Crippen molar-refractivity contribution in [3.63, 3.8) is 0 Å². The van der Waals surface area contributed by atoms with Gasteiger partial charge in [0.05, 0.1) is 0 Å². The first-order valence-corrected chi connectivity index (χ1v) is 7.72. The topological polar surface area (TPSA) is 40.5 Å². The van der Waals surface area contributed by atoms with Gasteiger partial charge < -0.3 is 5.11 Å². The second-order valence-electron chi connectivity index (χ2n) is 6.49. The molecular formula is C15H23NO2S. The molecule has 3 nitrogen and oxygen atoms in total. The van der Waals surface area contributed by atoms with Gasteiger partial charge in [-0.25, -0.2) is 4.79 Å². The first-order chi connectivity index (χ1) is 8.86. The first-order valence-electron chi connectivity index (χ1n) is 6.90. The summed E-state index contributed by atoms with van der Waals surface area (Å²) in [5.74, 6) is -0.00985. The molecule has 1 aliphatic rings. The molecule has 1 N–H and O–H groups in total. The summed E-state index contributed by atoms with van der Waals surface area (Å²) < 4.78 is 0. The molecule has 0 unspecified atom stereocenters. The summed E-state index contributed by atoms with van der Waals surface area (Å²) in [4.78, 5) is 14.9. The van der Waals surface area contributed by atoms with Crippen molar-refractivity contribution >= 4 is 17.3 Å². The van der Waals surface area contributed by atoms with Crippen LogP contribution in [-0.4, -0.2) is 29.1 Å². The Bertz CT molecular complexity index is 439. The van der Waals surface area contributed by atoms with Crippen molar-refractivity contribution in [1.29, 1.82) is 0 Å². The van der Waals surface area contributed by atoms with Crippen LogP contribution >= 0.6 is 11.3 Å². The minimum atomic E-state index is -0.817. The number of hydrogen-bond donors (Lipinski definition) is 1. The number of piperidine rings is 1. The summed E-state index contributed by atoms with van der Waals surface area (Å²) in [5, 5.41) is 8.93. The number of aromatic carboxylic acids is 1. The van der Waals surface area contributed by atoms with Crippen molar-refractivity contribution in [2.75, 3.05) is 13.1 Å². The zero-order chi connectivity index (χ0) is 14.0. The van der Waals surface area contributed by atoms with Crippen LogP contribution in [0.15, 0.2) is 12.1 Å². The van der Waals surface area contributed by atoms with Gasteiger partial charge in [0.1, 0.15) is 4.88 Å². The Kier molecular flexibility index (Phi) is 4.31. The van der Waals surface area contributed by atoms with Gasteiger partial charge in [0, 0.05) is 11.4 Å². The molecule has 0 aliphatic carbocycles. The average molecular weight is 281 g/mol. The Hall–Kier alpha value is -0.870. The van der Waals surface area contributed by atoms with Gasteiger partial charge in [0.2, 0.25) is 0 Å². The largest absolute Gasteiger partial charge is 0.477 e. The molecule has 0 radical (unpaired) electrons. The fourth-order valence-electron chi connectivity index (χ4n) is 2.76. The van der Waals surface area contributed by atoms with Gasteiger partial charge in [0.25, 0.3) is 0 Å². The Morgan fingerprint density at radius 3 is 2.47 bits per heavy atom. The van der Waals surface area contributed by atoms with E-state index in [9.17, 15) is 4.79 Å². The number of nitrogens with zero attached hydrogens (tertiary/aromatic N) is 1. The second-order valence-corrected chi connectivity index (χ2v) is 7.66. The van der Waals surface area contributed by atoms with Gasteiger partial charge >= 0.3 is 5.97 Å². The van der Waals surface area contributed by atoms with E-state index in [1.54, 1.807) is 6.07 Å². The molecule has 2 heterocycles. The summed E-state index contributed by atoms with van der Waals surface area (Å²) >= 11 is 1.40. The third kappa shape index (κ3) is 3.80. The molecule has 0 atom stereocenters. The Balaban J connectivity index is 1.87. The van der Waals surface area contributed by atoms with Crippen molar-refractivity contribution in [2.45, 2.75) is 40.2 Å². The lowest BCUT2D eigenvalue weighted by Crippen LogP contribution is -2.37. The van der Waals surface area contributed by atoms with Gasteiger partial charge in [-0.05, 0) is 49.4 Å². The smallest absolute Gasteiger partial charge is 0.345 e. The molecule has 106 valence electrons. The Morgan fingerprint density at radius 2 is 2.00 bits per heavy atom. The number of carboxylic acid groups (broad SMARTS) is 1. The maximum Gasteiger partial charge on any atom is 0.345 e. The minimum absolute atomic E-state index is 0.408. The van der Waals surface area contributed by atoms with Crippen LogP contribution in [-0.2, 0) is 6.54 Å². The predicted molar refractivity (Wildman–Crippen MR) is 78.7 cm³/mol. The molecule has 0 spiro atoms. The van der Waals surface area contributed by atoms with Crippen LogP contribution in [0.4, 0.5) is 0 Å². The number of likely N-dealkylation sites (tertiary alicyclic amines) is 1. The van der Waals surface area contributed by atoms with Gasteiger partial charge in [-0.2, -0.15) is 0 Å². The summed E-state index contributed by atoms with van der Waals surface area (Å²) in [6.45, 7) is 10.1. The van der Waals surface area contributed by atoms with E-state index in [4.69, 9.17) is 5.11 Å². The molecule has 4 heteroatoms. The van der Waals surface area contributed by atoms with E-state index in [1.807, 2.05) is 6.07 Å². The molecule has 0 amide bonds. The van der Waals surface area contributed by atoms with E-state index in [0.717, 1.165) is 30.4 Å². The van der Waals surface area contributed by atoms with Crippen molar-refractivity contribution in [3.05, 3.63) is 21.9 Å². The summed E-state index contributed by atoms with van der Waals surface area (Å²) in [5.41, 5.74) is 0.408. The third-order valence-corrected chi connectivity index (χ3v) is 5.12. The molecule has 0 bridgehead atoms. The monoisotopic (exact) mass is 281 g/mol. The van der Waals surface area contributed by atoms with E-state index in [0.29, 0.717) is 10.3 Å². The molecule has 1 fully saturated rings. The quantitative estimate of drug-likeness (QED) is 0.918. The van der Waals surface area contributed by atoms with Crippen LogP contribution in [0, 0.1) is 11.3 Å². The third-order valence-electron chi connectivity index (χ3n) is 4.06. The van der Waals surface area contributed by atoms with Gasteiger partial charge in [-0.15, -0.1) is 11.3 Å². The fraction of sp³-hybridized carbons (Fsp3) is 0.667. The average Bonchev–Trinajstić information content (AvgIpc) is 2.77. The maximum atomic E-state index is 10.9. The normalized spacial score (nSPS) is 18.7. The van der Waals surface area contributed by atoms with Crippen LogP contribution in [0.1, 0.15) is 48.2 Å². The van der Waals surface area contributed by atoms with E-state index in [2.05, 4.69) is 25.7 Å². The van der Waals surface area contributed by atoms with Crippen LogP contribution < -0.4 is 0 Å². The lowest BCUT2D eigenvalue weighted by molar-refractivity contribution is 0.0702. The highest BCUT2D eigenvalue weighted by Crippen LogP contribution is 2.34. The van der Waals surface area contributed by atoms with E-state index < -0.39 is 5.97 Å². The number of carboxylic acids is 1. The lowest BCUT2D eigenvalue weighted by atomic mass is 9.75. The Labute approximate surface area is 119 Å². The van der Waals surface area contributed by atoms with Crippen molar-refractivity contribution < 1.29 is 9.90 Å². The molecule has 0 saturated carbocycles. The van der Waals surface area contributed by atoms with Crippen molar-refractivity contribution in [1.82, 2.24) is 4.90 Å². The molecule has 1 aliphatic heterocycles. The second kappa shape index (κ2) is 5.63. The highest BCUT2D eigenvalue weighted by molar-refractivity contribution is 7.13. The van der Waals surface area contributed by atoms with Crippen LogP contribution in [0.3, 0.4) is 0 Å². The fourth-order valence-corrected chi connectivity index (χ4v) is 3.64. The molecule has 1 aromatic heterocycles. The van der Waals surface area contributed by atoms with Gasteiger partial charge in [-0.3, -0.25) is 4.90 Å². The zero-order valence-electron chi connectivity index (χ0n) is 12.0. The van der Waals surface area contributed by atoms with Crippen LogP contribution in [0.2, 0.25) is 0 Å².